The number of carbonyl (C=O) groups is 1. The van der Waals surface area contributed by atoms with Crippen molar-refractivity contribution >= 4 is 12.1 Å². The Morgan fingerprint density at radius 2 is 1.77 bits per heavy atom. The molecule has 2 saturated heterocycles. The van der Waals surface area contributed by atoms with Crippen molar-refractivity contribution in [2.75, 3.05) is 58.9 Å². The van der Waals surface area contributed by atoms with Crippen LogP contribution in [0.5, 0.6) is 0 Å². The molecular formula is C24H47N5O2. The molecule has 31 heavy (non-hydrogen) atoms. The van der Waals surface area contributed by atoms with Crippen LogP contribution in [0.4, 0.5) is 4.79 Å². The molecule has 0 spiro atoms. The van der Waals surface area contributed by atoms with Crippen LogP contribution >= 0.6 is 0 Å². The van der Waals surface area contributed by atoms with E-state index in [2.05, 4.69) is 29.0 Å². The maximum Gasteiger partial charge on any atom is 0.410 e. The molecule has 0 aliphatic carbocycles. The quantitative estimate of drug-likeness (QED) is 0.464. The van der Waals surface area contributed by atoms with E-state index in [4.69, 9.17) is 9.73 Å². The summed E-state index contributed by atoms with van der Waals surface area (Å²) in [5.74, 6) is 2.27. The van der Waals surface area contributed by atoms with Gasteiger partial charge >= 0.3 is 6.09 Å². The molecule has 1 unspecified atom stereocenters. The number of carbonyl (C=O) groups excluding carboxylic acids is 1. The first kappa shape index (κ1) is 25.8. The lowest BCUT2D eigenvalue weighted by Crippen LogP contribution is -2.48. The maximum atomic E-state index is 12.5. The molecule has 2 aliphatic rings. The van der Waals surface area contributed by atoms with Crippen molar-refractivity contribution in [3.8, 4) is 0 Å². The SMILES string of the molecule is CCCN1CCC(CN=C(NCC)N2CCC(CN(CC)C(=O)OC(C)(C)C)CC2)C1. The molecule has 0 saturated carbocycles. The lowest BCUT2D eigenvalue weighted by Gasteiger charge is -2.36. The zero-order valence-corrected chi connectivity index (χ0v) is 21.0. The van der Waals surface area contributed by atoms with Gasteiger partial charge in [-0.1, -0.05) is 6.92 Å². The van der Waals surface area contributed by atoms with Crippen molar-refractivity contribution in [1.29, 1.82) is 0 Å². The molecule has 0 aromatic carbocycles. The third-order valence-corrected chi connectivity index (χ3v) is 6.17. The Kier molecular flexibility index (Phi) is 10.4. The largest absolute Gasteiger partial charge is 0.444 e. The van der Waals surface area contributed by atoms with Crippen LogP contribution in [-0.2, 0) is 4.74 Å². The number of ether oxygens (including phenoxy) is 1. The fourth-order valence-corrected chi connectivity index (χ4v) is 4.52. The van der Waals surface area contributed by atoms with Crippen molar-refractivity contribution in [2.45, 2.75) is 72.8 Å². The molecule has 2 aliphatic heterocycles. The number of rotatable bonds is 8. The Morgan fingerprint density at radius 1 is 1.10 bits per heavy atom. The van der Waals surface area contributed by atoms with Gasteiger partial charge in [0.05, 0.1) is 0 Å². The van der Waals surface area contributed by atoms with Gasteiger partial charge in [0.15, 0.2) is 5.96 Å². The fourth-order valence-electron chi connectivity index (χ4n) is 4.52. The summed E-state index contributed by atoms with van der Waals surface area (Å²) in [6.45, 7) is 21.1. The smallest absolute Gasteiger partial charge is 0.410 e. The Balaban J connectivity index is 1.83. The number of guanidine groups is 1. The van der Waals surface area contributed by atoms with E-state index in [0.29, 0.717) is 18.4 Å². The first-order valence-electron chi connectivity index (χ1n) is 12.5. The normalized spacial score (nSPS) is 21.4. The number of likely N-dealkylation sites (tertiary alicyclic amines) is 2. The van der Waals surface area contributed by atoms with E-state index in [1.54, 1.807) is 0 Å². The van der Waals surface area contributed by atoms with Crippen molar-refractivity contribution in [1.82, 2.24) is 20.0 Å². The van der Waals surface area contributed by atoms with Crippen molar-refractivity contribution < 1.29 is 9.53 Å². The summed E-state index contributed by atoms with van der Waals surface area (Å²) >= 11 is 0. The molecule has 0 bridgehead atoms. The number of hydrogen-bond donors (Lipinski definition) is 1. The molecule has 1 N–H and O–H groups in total. The van der Waals surface area contributed by atoms with E-state index in [1.807, 2.05) is 32.6 Å². The lowest BCUT2D eigenvalue weighted by atomic mass is 9.96. The van der Waals surface area contributed by atoms with Gasteiger partial charge in [0.2, 0.25) is 0 Å². The minimum Gasteiger partial charge on any atom is -0.444 e. The van der Waals surface area contributed by atoms with Gasteiger partial charge in [-0.2, -0.15) is 0 Å². The summed E-state index contributed by atoms with van der Waals surface area (Å²) in [6, 6.07) is 0. The van der Waals surface area contributed by atoms with Crippen LogP contribution in [0.2, 0.25) is 0 Å². The number of nitrogens with one attached hydrogen (secondary N) is 1. The van der Waals surface area contributed by atoms with E-state index in [-0.39, 0.29) is 6.09 Å². The Hall–Kier alpha value is -1.50. The van der Waals surface area contributed by atoms with Gasteiger partial charge in [0.1, 0.15) is 5.60 Å². The monoisotopic (exact) mass is 437 g/mol. The first-order chi connectivity index (χ1) is 14.8. The molecule has 180 valence electrons. The third kappa shape index (κ3) is 8.87. The van der Waals surface area contributed by atoms with Gasteiger partial charge in [-0.15, -0.1) is 0 Å². The molecule has 1 atom stereocenters. The van der Waals surface area contributed by atoms with E-state index in [0.717, 1.165) is 51.5 Å². The summed E-state index contributed by atoms with van der Waals surface area (Å²) in [7, 11) is 0. The van der Waals surface area contributed by atoms with Crippen molar-refractivity contribution in [3.05, 3.63) is 0 Å². The highest BCUT2D eigenvalue weighted by molar-refractivity contribution is 5.80. The van der Waals surface area contributed by atoms with E-state index in [1.165, 1.54) is 32.5 Å². The van der Waals surface area contributed by atoms with E-state index < -0.39 is 5.60 Å². The minimum atomic E-state index is -0.446. The predicted molar refractivity (Wildman–Crippen MR) is 129 cm³/mol. The van der Waals surface area contributed by atoms with Crippen LogP contribution in [0.15, 0.2) is 4.99 Å². The molecule has 0 aromatic heterocycles. The first-order valence-corrected chi connectivity index (χ1v) is 12.5. The van der Waals surface area contributed by atoms with Gasteiger partial charge in [-0.05, 0) is 85.2 Å². The highest BCUT2D eigenvalue weighted by atomic mass is 16.6. The topological polar surface area (TPSA) is 60.4 Å². The summed E-state index contributed by atoms with van der Waals surface area (Å²) in [5.41, 5.74) is -0.446. The number of piperidine rings is 1. The highest BCUT2D eigenvalue weighted by Crippen LogP contribution is 2.21. The van der Waals surface area contributed by atoms with Gasteiger partial charge < -0.3 is 24.8 Å². The summed E-state index contributed by atoms with van der Waals surface area (Å²) in [5, 5.41) is 3.50. The van der Waals surface area contributed by atoms with Crippen molar-refractivity contribution in [3.63, 3.8) is 0 Å². The van der Waals surface area contributed by atoms with Crippen LogP contribution < -0.4 is 5.32 Å². The van der Waals surface area contributed by atoms with E-state index >= 15 is 0 Å². The van der Waals surface area contributed by atoms with Gasteiger partial charge in [-0.3, -0.25) is 4.99 Å². The molecule has 7 heteroatoms. The van der Waals surface area contributed by atoms with Gasteiger partial charge in [0.25, 0.3) is 0 Å². The maximum absolute atomic E-state index is 12.5. The van der Waals surface area contributed by atoms with E-state index in [9.17, 15) is 4.79 Å². The second-order valence-corrected chi connectivity index (χ2v) is 10.1. The zero-order chi connectivity index (χ0) is 22.9. The number of nitrogens with zero attached hydrogens (tertiary/aromatic N) is 4. The molecule has 2 rings (SSSR count). The van der Waals surface area contributed by atoms with Crippen LogP contribution in [-0.4, -0.2) is 91.3 Å². The highest BCUT2D eigenvalue weighted by Gasteiger charge is 2.27. The number of aliphatic imine (C=N–C) groups is 1. The molecule has 0 aromatic rings. The Morgan fingerprint density at radius 3 is 2.35 bits per heavy atom. The molecule has 2 heterocycles. The average Bonchev–Trinajstić information content (AvgIpc) is 3.16. The van der Waals surface area contributed by atoms with Gasteiger partial charge in [-0.25, -0.2) is 4.79 Å². The summed E-state index contributed by atoms with van der Waals surface area (Å²) < 4.78 is 5.57. The summed E-state index contributed by atoms with van der Waals surface area (Å²) in [4.78, 5) is 24.3. The predicted octanol–water partition coefficient (Wildman–Crippen LogP) is 3.65. The molecule has 1 amide bonds. The number of hydrogen-bond acceptors (Lipinski definition) is 4. The number of amides is 1. The van der Waals surface area contributed by atoms with Crippen LogP contribution in [0.1, 0.15) is 67.2 Å². The van der Waals surface area contributed by atoms with Crippen LogP contribution in [0.25, 0.3) is 0 Å². The summed E-state index contributed by atoms with van der Waals surface area (Å²) in [6.07, 6.45) is 4.47. The molecule has 2 fully saturated rings. The standard InChI is InChI=1S/C24H47N5O2/c1-7-13-27-14-10-21(18-27)17-26-22(25-8-2)29-15-11-20(12-16-29)19-28(9-3)23(30)31-24(4,5)6/h20-21H,7-19H2,1-6H3,(H,25,26). The van der Waals surface area contributed by atoms with Crippen LogP contribution in [0.3, 0.4) is 0 Å². The van der Waals surface area contributed by atoms with Gasteiger partial charge in [0, 0.05) is 45.8 Å². The molecule has 0 radical (unpaired) electrons. The average molecular weight is 438 g/mol. The minimum absolute atomic E-state index is 0.194. The Labute approximate surface area is 190 Å². The fraction of sp³-hybridized carbons (Fsp3) is 0.917. The lowest BCUT2D eigenvalue weighted by molar-refractivity contribution is 0.0214. The third-order valence-electron chi connectivity index (χ3n) is 6.17. The molecular weight excluding hydrogens is 390 g/mol. The Bertz CT molecular complexity index is 567. The second kappa shape index (κ2) is 12.5. The molecule has 7 nitrogen and oxygen atoms in total. The van der Waals surface area contributed by atoms with Crippen molar-refractivity contribution in [2.24, 2.45) is 16.8 Å². The zero-order valence-electron chi connectivity index (χ0n) is 21.0. The van der Waals surface area contributed by atoms with Crippen LogP contribution in [0, 0.1) is 11.8 Å². The second-order valence-electron chi connectivity index (χ2n) is 10.1.